The molecule has 0 spiro atoms. The Labute approximate surface area is 155 Å². The molecular formula is C19H20INO3. The van der Waals surface area contributed by atoms with Crippen molar-refractivity contribution >= 4 is 34.5 Å². The van der Waals surface area contributed by atoms with Crippen LogP contribution in [0.25, 0.3) is 0 Å². The van der Waals surface area contributed by atoms with Gasteiger partial charge in [0.2, 0.25) is 0 Å². The van der Waals surface area contributed by atoms with Gasteiger partial charge in [0.05, 0.1) is 5.56 Å². The summed E-state index contributed by atoms with van der Waals surface area (Å²) in [6, 6.07) is 17.2. The van der Waals surface area contributed by atoms with E-state index in [0.29, 0.717) is 5.56 Å². The molecule has 0 aliphatic heterocycles. The number of nitrogens with one attached hydrogen (secondary N) is 1. The van der Waals surface area contributed by atoms with E-state index in [4.69, 9.17) is 4.74 Å². The fourth-order valence-corrected chi connectivity index (χ4v) is 2.79. The van der Waals surface area contributed by atoms with Crippen LogP contribution >= 0.6 is 22.6 Å². The Hall–Kier alpha value is -1.89. The highest BCUT2D eigenvalue weighted by molar-refractivity contribution is 14.1. The van der Waals surface area contributed by atoms with Crippen molar-refractivity contribution in [2.75, 3.05) is 6.61 Å². The molecule has 5 heteroatoms. The van der Waals surface area contributed by atoms with Crippen molar-refractivity contribution in [3.63, 3.8) is 0 Å². The summed E-state index contributed by atoms with van der Waals surface area (Å²) >= 11 is 2.12. The van der Waals surface area contributed by atoms with Gasteiger partial charge in [-0.2, -0.15) is 0 Å². The number of hydrogen-bond donors (Lipinski definition) is 1. The largest absolute Gasteiger partial charge is 0.452 e. The fraction of sp³-hybridized carbons (Fsp3) is 0.263. The van der Waals surface area contributed by atoms with Gasteiger partial charge in [-0.25, -0.2) is 4.79 Å². The monoisotopic (exact) mass is 437 g/mol. The van der Waals surface area contributed by atoms with Crippen LogP contribution in [0.15, 0.2) is 54.6 Å². The SMILES string of the molecule is CC(CCc1ccccc1)NC(=O)COC(=O)c1cccc(I)c1. The number of amides is 1. The highest BCUT2D eigenvalue weighted by Gasteiger charge is 2.12. The van der Waals surface area contributed by atoms with Gasteiger partial charge in [0, 0.05) is 9.61 Å². The molecule has 0 saturated heterocycles. The van der Waals surface area contributed by atoms with Crippen molar-refractivity contribution in [2.45, 2.75) is 25.8 Å². The zero-order valence-corrected chi connectivity index (χ0v) is 15.7. The molecule has 1 unspecified atom stereocenters. The third kappa shape index (κ3) is 6.31. The molecule has 1 N–H and O–H groups in total. The Balaban J connectivity index is 1.71. The van der Waals surface area contributed by atoms with Crippen LogP contribution in [0.5, 0.6) is 0 Å². The van der Waals surface area contributed by atoms with Gasteiger partial charge in [0.15, 0.2) is 6.61 Å². The summed E-state index contributed by atoms with van der Waals surface area (Å²) in [6.45, 7) is 1.68. The first-order chi connectivity index (χ1) is 11.5. The van der Waals surface area contributed by atoms with Gasteiger partial charge in [-0.15, -0.1) is 0 Å². The molecule has 2 aromatic rings. The smallest absolute Gasteiger partial charge is 0.338 e. The zero-order valence-electron chi connectivity index (χ0n) is 13.5. The zero-order chi connectivity index (χ0) is 17.4. The van der Waals surface area contributed by atoms with Crippen LogP contribution < -0.4 is 5.32 Å². The number of ether oxygens (including phenoxy) is 1. The Kier molecular flexibility index (Phi) is 7.24. The predicted molar refractivity (Wildman–Crippen MR) is 102 cm³/mol. The first-order valence-electron chi connectivity index (χ1n) is 7.80. The molecule has 0 fully saturated rings. The Morgan fingerprint density at radius 2 is 1.88 bits per heavy atom. The summed E-state index contributed by atoms with van der Waals surface area (Å²) in [5, 5.41) is 2.85. The van der Waals surface area contributed by atoms with E-state index in [1.54, 1.807) is 18.2 Å². The lowest BCUT2D eigenvalue weighted by Gasteiger charge is -2.14. The van der Waals surface area contributed by atoms with Gasteiger partial charge in [0.25, 0.3) is 5.91 Å². The lowest BCUT2D eigenvalue weighted by atomic mass is 10.1. The average Bonchev–Trinajstić information content (AvgIpc) is 2.59. The lowest BCUT2D eigenvalue weighted by molar-refractivity contribution is -0.124. The number of carbonyl (C=O) groups excluding carboxylic acids is 2. The van der Waals surface area contributed by atoms with Crippen molar-refractivity contribution in [2.24, 2.45) is 0 Å². The van der Waals surface area contributed by atoms with E-state index in [9.17, 15) is 9.59 Å². The fourth-order valence-electron chi connectivity index (χ4n) is 2.25. The highest BCUT2D eigenvalue weighted by Crippen LogP contribution is 2.09. The topological polar surface area (TPSA) is 55.4 Å². The number of hydrogen-bond acceptors (Lipinski definition) is 3. The summed E-state index contributed by atoms with van der Waals surface area (Å²) in [4.78, 5) is 23.8. The summed E-state index contributed by atoms with van der Waals surface area (Å²) in [6.07, 6.45) is 1.73. The molecule has 0 saturated carbocycles. The molecule has 2 rings (SSSR count). The molecule has 0 bridgehead atoms. The molecule has 126 valence electrons. The van der Waals surface area contributed by atoms with Crippen molar-refractivity contribution in [1.29, 1.82) is 0 Å². The van der Waals surface area contributed by atoms with Crippen LogP contribution in [0.1, 0.15) is 29.3 Å². The lowest BCUT2D eigenvalue weighted by Crippen LogP contribution is -2.36. The summed E-state index contributed by atoms with van der Waals surface area (Å²) in [5.41, 5.74) is 1.69. The van der Waals surface area contributed by atoms with Crippen LogP contribution in [0.4, 0.5) is 0 Å². The van der Waals surface area contributed by atoms with Crippen LogP contribution in [0.3, 0.4) is 0 Å². The van der Waals surface area contributed by atoms with Crippen molar-refractivity contribution in [1.82, 2.24) is 5.32 Å². The summed E-state index contributed by atoms with van der Waals surface area (Å²) in [7, 11) is 0. The molecule has 1 amide bonds. The molecular weight excluding hydrogens is 417 g/mol. The van der Waals surface area contributed by atoms with E-state index in [1.807, 2.05) is 31.2 Å². The molecule has 4 nitrogen and oxygen atoms in total. The van der Waals surface area contributed by atoms with Crippen molar-refractivity contribution in [3.05, 3.63) is 69.3 Å². The van der Waals surface area contributed by atoms with Gasteiger partial charge in [-0.3, -0.25) is 4.79 Å². The Morgan fingerprint density at radius 3 is 2.58 bits per heavy atom. The van der Waals surface area contributed by atoms with Crippen LogP contribution in [0, 0.1) is 3.57 Å². The number of aryl methyl sites for hydroxylation is 1. The number of halogens is 1. The van der Waals surface area contributed by atoms with Gasteiger partial charge in [-0.05, 0) is 66.1 Å². The third-order valence-corrected chi connectivity index (χ3v) is 4.18. The van der Waals surface area contributed by atoms with Gasteiger partial charge in [-0.1, -0.05) is 36.4 Å². The standard InChI is InChI=1S/C19H20INO3/c1-14(10-11-15-6-3-2-4-7-15)21-18(22)13-24-19(23)16-8-5-9-17(20)12-16/h2-9,12,14H,10-11,13H2,1H3,(H,21,22). The van der Waals surface area contributed by atoms with Crippen LogP contribution in [-0.4, -0.2) is 24.5 Å². The van der Waals surface area contributed by atoms with E-state index in [0.717, 1.165) is 16.4 Å². The molecule has 0 aromatic heterocycles. The van der Waals surface area contributed by atoms with Crippen molar-refractivity contribution < 1.29 is 14.3 Å². The van der Waals surface area contributed by atoms with Gasteiger partial charge >= 0.3 is 5.97 Å². The van der Waals surface area contributed by atoms with E-state index >= 15 is 0 Å². The second-order valence-electron chi connectivity index (χ2n) is 5.58. The van der Waals surface area contributed by atoms with E-state index in [-0.39, 0.29) is 18.6 Å². The van der Waals surface area contributed by atoms with Crippen LogP contribution in [-0.2, 0) is 16.0 Å². The molecule has 0 aliphatic carbocycles. The second kappa shape index (κ2) is 9.42. The minimum Gasteiger partial charge on any atom is -0.452 e. The number of carbonyl (C=O) groups is 2. The maximum Gasteiger partial charge on any atom is 0.338 e. The third-order valence-electron chi connectivity index (χ3n) is 3.51. The van der Waals surface area contributed by atoms with E-state index < -0.39 is 5.97 Å². The summed E-state index contributed by atoms with van der Waals surface area (Å²) in [5.74, 6) is -0.768. The number of benzene rings is 2. The molecule has 0 aliphatic rings. The van der Waals surface area contributed by atoms with Crippen molar-refractivity contribution in [3.8, 4) is 0 Å². The molecule has 24 heavy (non-hydrogen) atoms. The Morgan fingerprint density at radius 1 is 1.12 bits per heavy atom. The molecule has 0 radical (unpaired) electrons. The minimum atomic E-state index is -0.486. The van der Waals surface area contributed by atoms with Gasteiger partial charge < -0.3 is 10.1 Å². The number of rotatable bonds is 7. The maximum absolute atomic E-state index is 11.9. The summed E-state index contributed by atoms with van der Waals surface area (Å²) < 4.78 is 6.00. The maximum atomic E-state index is 11.9. The average molecular weight is 437 g/mol. The van der Waals surface area contributed by atoms with E-state index in [2.05, 4.69) is 40.0 Å². The Bertz CT molecular complexity index is 688. The van der Waals surface area contributed by atoms with E-state index in [1.165, 1.54) is 5.56 Å². The van der Waals surface area contributed by atoms with Crippen LogP contribution in [0.2, 0.25) is 0 Å². The normalized spacial score (nSPS) is 11.6. The number of esters is 1. The first kappa shape index (κ1) is 18.4. The molecule has 0 heterocycles. The molecule has 2 aromatic carbocycles. The minimum absolute atomic E-state index is 0.0223. The predicted octanol–water partition coefficient (Wildman–Crippen LogP) is 3.59. The van der Waals surface area contributed by atoms with Gasteiger partial charge in [0.1, 0.15) is 0 Å². The molecule has 1 atom stereocenters. The highest BCUT2D eigenvalue weighted by atomic mass is 127. The quantitative estimate of drug-likeness (QED) is 0.532. The second-order valence-corrected chi connectivity index (χ2v) is 6.82. The first-order valence-corrected chi connectivity index (χ1v) is 8.88.